The molecule has 0 saturated heterocycles. The van der Waals surface area contributed by atoms with Crippen molar-refractivity contribution in [1.29, 1.82) is 0 Å². The molecule has 0 aromatic carbocycles. The number of hydrogen-bond donors (Lipinski definition) is 2. The molecule has 4 heteroatoms. The molecule has 1 aliphatic carbocycles. The molecule has 31 heavy (non-hydrogen) atoms. The molecule has 0 radical (unpaired) electrons. The second-order valence-electron chi connectivity index (χ2n) is 7.73. The predicted molar refractivity (Wildman–Crippen MR) is 136 cm³/mol. The molecule has 4 nitrogen and oxygen atoms in total. The van der Waals surface area contributed by atoms with Crippen molar-refractivity contribution >= 4 is 16.9 Å². The van der Waals surface area contributed by atoms with Crippen molar-refractivity contribution in [2.24, 2.45) is 5.92 Å². The van der Waals surface area contributed by atoms with Crippen LogP contribution in [0.25, 0.3) is 11.2 Å². The number of imidazole rings is 1. The first-order chi connectivity index (χ1) is 15.2. The van der Waals surface area contributed by atoms with Crippen molar-refractivity contribution in [3.05, 3.63) is 72.5 Å². The summed E-state index contributed by atoms with van der Waals surface area (Å²) in [6, 6.07) is 4.16. The molecule has 1 saturated carbocycles. The Labute approximate surface area is 188 Å². The Hall–Kier alpha value is -2.75. The number of pyridine rings is 1. The Morgan fingerprint density at radius 1 is 1.19 bits per heavy atom. The molecule has 3 rings (SSSR count). The summed E-state index contributed by atoms with van der Waals surface area (Å²) in [5, 5.41) is 6.77. The van der Waals surface area contributed by atoms with Gasteiger partial charge in [0.15, 0.2) is 5.65 Å². The lowest BCUT2D eigenvalue weighted by atomic mass is 9.83. The third-order valence-corrected chi connectivity index (χ3v) is 5.78. The molecular weight excluding hydrogens is 380 g/mol. The third kappa shape index (κ3) is 6.36. The Balaban J connectivity index is 0.00000166. The molecule has 2 heterocycles. The van der Waals surface area contributed by atoms with Gasteiger partial charge in [0.05, 0.1) is 17.6 Å². The van der Waals surface area contributed by atoms with E-state index in [9.17, 15) is 0 Å². The molecule has 0 aliphatic heterocycles. The van der Waals surface area contributed by atoms with Gasteiger partial charge in [0, 0.05) is 18.4 Å². The van der Waals surface area contributed by atoms with Gasteiger partial charge in [0.1, 0.15) is 0 Å². The van der Waals surface area contributed by atoms with Gasteiger partial charge in [-0.2, -0.15) is 0 Å². The zero-order valence-corrected chi connectivity index (χ0v) is 20.0. The maximum Gasteiger partial charge on any atom is 0.161 e. The number of aromatic nitrogens is 2. The Bertz CT molecular complexity index is 924. The van der Waals surface area contributed by atoms with Crippen LogP contribution in [0, 0.1) is 5.92 Å². The van der Waals surface area contributed by atoms with Gasteiger partial charge in [-0.1, -0.05) is 51.8 Å². The van der Waals surface area contributed by atoms with E-state index in [1.807, 2.05) is 20.0 Å². The van der Waals surface area contributed by atoms with E-state index in [1.165, 1.54) is 43.3 Å². The summed E-state index contributed by atoms with van der Waals surface area (Å²) >= 11 is 0. The topological polar surface area (TPSA) is 41.4 Å². The minimum Gasteiger partial charge on any atom is -0.387 e. The van der Waals surface area contributed by atoms with Crippen molar-refractivity contribution in [3.8, 4) is 0 Å². The van der Waals surface area contributed by atoms with Gasteiger partial charge in [-0.3, -0.25) is 4.40 Å². The molecule has 0 atom stereocenters. The number of anilines is 1. The molecule has 168 valence electrons. The lowest BCUT2D eigenvalue weighted by Gasteiger charge is -2.23. The van der Waals surface area contributed by atoms with Gasteiger partial charge in [-0.25, -0.2) is 4.98 Å². The summed E-state index contributed by atoms with van der Waals surface area (Å²) in [4.78, 5) is 4.70. The van der Waals surface area contributed by atoms with Crippen LogP contribution >= 0.6 is 0 Å². The fourth-order valence-corrected chi connectivity index (χ4v) is 4.24. The third-order valence-electron chi connectivity index (χ3n) is 5.78. The average molecular weight is 421 g/mol. The van der Waals surface area contributed by atoms with Crippen LogP contribution in [-0.2, 0) is 0 Å². The summed E-state index contributed by atoms with van der Waals surface area (Å²) in [6.45, 7) is 14.8. The van der Waals surface area contributed by atoms with Crippen molar-refractivity contribution in [1.82, 2.24) is 14.7 Å². The van der Waals surface area contributed by atoms with Gasteiger partial charge >= 0.3 is 0 Å². The van der Waals surface area contributed by atoms with Crippen LogP contribution in [0.3, 0.4) is 0 Å². The Morgan fingerprint density at radius 3 is 2.58 bits per heavy atom. The highest BCUT2D eigenvalue weighted by atomic mass is 15.0. The normalized spacial score (nSPS) is 16.0. The summed E-state index contributed by atoms with van der Waals surface area (Å²) in [5.74, 6) is 0.703. The fraction of sp³-hybridized carbons (Fsp3) is 0.444. The van der Waals surface area contributed by atoms with E-state index < -0.39 is 0 Å². The maximum atomic E-state index is 4.70. The quantitative estimate of drug-likeness (QED) is 0.439. The minimum absolute atomic E-state index is 0.703. The molecule has 2 N–H and O–H groups in total. The predicted octanol–water partition coefficient (Wildman–Crippen LogP) is 7.34. The molecule has 1 aliphatic rings. The summed E-state index contributed by atoms with van der Waals surface area (Å²) in [5.41, 5.74) is 6.86. The number of rotatable bonds is 8. The van der Waals surface area contributed by atoms with Crippen LogP contribution in [0.4, 0.5) is 5.69 Å². The second-order valence-corrected chi connectivity index (χ2v) is 7.73. The van der Waals surface area contributed by atoms with Gasteiger partial charge in [0.25, 0.3) is 0 Å². The zero-order valence-electron chi connectivity index (χ0n) is 20.0. The van der Waals surface area contributed by atoms with E-state index in [4.69, 9.17) is 4.98 Å². The lowest BCUT2D eigenvalue weighted by molar-refractivity contribution is 0.408. The number of hydrogen-bond acceptors (Lipinski definition) is 3. The highest BCUT2D eigenvalue weighted by Gasteiger charge is 2.16. The van der Waals surface area contributed by atoms with Crippen LogP contribution in [0.15, 0.2) is 66.8 Å². The zero-order chi connectivity index (χ0) is 22.6. The molecule has 0 spiro atoms. The van der Waals surface area contributed by atoms with Gasteiger partial charge in [-0.05, 0) is 75.1 Å². The second kappa shape index (κ2) is 12.8. The first-order valence-corrected chi connectivity index (χ1v) is 11.7. The van der Waals surface area contributed by atoms with E-state index in [2.05, 4.69) is 78.9 Å². The van der Waals surface area contributed by atoms with E-state index in [-0.39, 0.29) is 0 Å². The molecule has 0 amide bonds. The molecule has 2 aromatic rings. The van der Waals surface area contributed by atoms with E-state index >= 15 is 0 Å². The van der Waals surface area contributed by atoms with Crippen LogP contribution < -0.4 is 10.6 Å². The smallest absolute Gasteiger partial charge is 0.161 e. The van der Waals surface area contributed by atoms with E-state index in [1.54, 1.807) is 6.20 Å². The standard InChI is InChI=1S/C25H34N4.C2H6/c1-5-20(22-12-9-8-10-13-22)16-19(4)28-23-14-11-15-29-24(18-27-25(23)29)21(6-2)17-26-7-3;1-2/h5-7,11,14-16,18,22,26,28H,3,8-10,12-13,17H2,1-2,4H3;1-2H3/b19-16+,20-5+,21-6+;. The Morgan fingerprint density at radius 2 is 1.94 bits per heavy atom. The fourth-order valence-electron chi connectivity index (χ4n) is 4.24. The van der Waals surface area contributed by atoms with E-state index in [0.29, 0.717) is 5.92 Å². The van der Waals surface area contributed by atoms with Crippen LogP contribution in [0.1, 0.15) is 72.4 Å². The largest absolute Gasteiger partial charge is 0.387 e. The summed E-state index contributed by atoms with van der Waals surface area (Å²) in [7, 11) is 0. The molecule has 2 aromatic heterocycles. The highest BCUT2D eigenvalue weighted by molar-refractivity contribution is 5.74. The molecule has 0 unspecified atom stereocenters. The number of fused-ring (bicyclic) bond motifs is 1. The van der Waals surface area contributed by atoms with Crippen molar-refractivity contribution < 1.29 is 0 Å². The minimum atomic E-state index is 0.703. The molecule has 1 fully saturated rings. The van der Waals surface area contributed by atoms with E-state index in [0.717, 1.165) is 29.3 Å². The summed E-state index contributed by atoms with van der Waals surface area (Å²) in [6.07, 6.45) is 19.2. The molecular formula is C27H40N4. The number of nitrogens with one attached hydrogen (secondary N) is 2. The molecule has 0 bridgehead atoms. The number of nitrogens with zero attached hydrogens (tertiary/aromatic N) is 2. The maximum absolute atomic E-state index is 4.70. The van der Waals surface area contributed by atoms with Crippen LogP contribution in [0.2, 0.25) is 0 Å². The Kier molecular flexibility index (Phi) is 10.2. The lowest BCUT2D eigenvalue weighted by Crippen LogP contribution is -2.10. The highest BCUT2D eigenvalue weighted by Crippen LogP contribution is 2.31. The van der Waals surface area contributed by atoms with Crippen LogP contribution in [-0.4, -0.2) is 15.9 Å². The van der Waals surface area contributed by atoms with Crippen molar-refractivity contribution in [3.63, 3.8) is 0 Å². The van der Waals surface area contributed by atoms with Crippen LogP contribution in [0.5, 0.6) is 0 Å². The van der Waals surface area contributed by atoms with Gasteiger partial charge < -0.3 is 10.6 Å². The van der Waals surface area contributed by atoms with Crippen molar-refractivity contribution in [2.75, 3.05) is 11.9 Å². The number of allylic oxidation sites excluding steroid dienone is 5. The first kappa shape index (κ1) is 24.5. The first-order valence-electron chi connectivity index (χ1n) is 11.7. The summed E-state index contributed by atoms with van der Waals surface area (Å²) < 4.78 is 2.15. The average Bonchev–Trinajstić information content (AvgIpc) is 3.25. The van der Waals surface area contributed by atoms with Gasteiger partial charge in [0.2, 0.25) is 0 Å². The van der Waals surface area contributed by atoms with Gasteiger partial charge in [-0.15, -0.1) is 0 Å². The van der Waals surface area contributed by atoms with Crippen molar-refractivity contribution in [2.45, 2.75) is 66.7 Å². The monoisotopic (exact) mass is 420 g/mol. The SMILES string of the molecule is C=CNC/C(=C\C)c1cnc2c(N/C(C)=C/C(=C\C)C3CCCCC3)cccn12.CC.